The molecule has 0 aromatic rings. The van der Waals surface area contributed by atoms with Crippen molar-refractivity contribution >= 4 is 11.9 Å². The van der Waals surface area contributed by atoms with Gasteiger partial charge in [-0.3, -0.25) is 4.79 Å². The molecule has 0 aromatic heterocycles. The van der Waals surface area contributed by atoms with Gasteiger partial charge in [-0.05, 0) is 24.8 Å². The summed E-state index contributed by atoms with van der Waals surface area (Å²) in [5.41, 5.74) is -0.207. The molecule has 17 heavy (non-hydrogen) atoms. The molecule has 0 bridgehead atoms. The van der Waals surface area contributed by atoms with Crippen molar-refractivity contribution in [2.45, 2.75) is 38.8 Å². The van der Waals surface area contributed by atoms with Crippen LogP contribution < -0.4 is 10.6 Å². The Morgan fingerprint density at radius 3 is 2.65 bits per heavy atom. The Morgan fingerprint density at radius 1 is 1.53 bits per heavy atom. The molecular weight excluding hydrogens is 224 g/mol. The Balaban J connectivity index is 2.65. The number of carboxylic acid groups (broad SMARTS) is 1. The van der Waals surface area contributed by atoms with Crippen LogP contribution in [0.3, 0.4) is 0 Å². The summed E-state index contributed by atoms with van der Waals surface area (Å²) in [7, 11) is 0. The van der Waals surface area contributed by atoms with Gasteiger partial charge in [0.2, 0.25) is 5.91 Å². The van der Waals surface area contributed by atoms with E-state index in [1.807, 2.05) is 13.8 Å². The molecule has 0 aromatic carbocycles. The summed E-state index contributed by atoms with van der Waals surface area (Å²) in [6, 6.07) is -1.65. The number of amides is 1. The highest BCUT2D eigenvalue weighted by Crippen LogP contribution is 2.30. The van der Waals surface area contributed by atoms with Crippen molar-refractivity contribution in [3.05, 3.63) is 0 Å². The average molecular weight is 244 g/mol. The number of aliphatic carboxylic acids is 1. The molecule has 1 rings (SSSR count). The summed E-state index contributed by atoms with van der Waals surface area (Å²) in [4.78, 5) is 22.7. The number of carboxylic acids is 1. The summed E-state index contributed by atoms with van der Waals surface area (Å²) < 4.78 is 0. The zero-order chi connectivity index (χ0) is 13.1. The van der Waals surface area contributed by atoms with Gasteiger partial charge in [0, 0.05) is 0 Å². The van der Waals surface area contributed by atoms with E-state index in [9.17, 15) is 9.59 Å². The molecule has 0 radical (unpaired) electrons. The standard InChI is InChI=1S/C11H20N2O4/c1-11(2)4-3-5-12-8(11)9(15)13-7(6-14)10(16)17/h7-8,12,14H,3-6H2,1-2H3,(H,13,15)(H,16,17). The van der Waals surface area contributed by atoms with Gasteiger partial charge in [-0.2, -0.15) is 0 Å². The zero-order valence-corrected chi connectivity index (χ0v) is 10.2. The molecule has 0 spiro atoms. The molecule has 98 valence electrons. The minimum Gasteiger partial charge on any atom is -0.480 e. The maximum atomic E-state index is 11.9. The first-order valence-corrected chi connectivity index (χ1v) is 5.76. The van der Waals surface area contributed by atoms with Crippen LogP contribution in [0, 0.1) is 5.41 Å². The van der Waals surface area contributed by atoms with Crippen molar-refractivity contribution < 1.29 is 19.8 Å². The highest BCUT2D eigenvalue weighted by atomic mass is 16.4. The second-order valence-corrected chi connectivity index (χ2v) is 5.06. The third-order valence-electron chi connectivity index (χ3n) is 3.19. The highest BCUT2D eigenvalue weighted by Gasteiger charge is 2.38. The fourth-order valence-corrected chi connectivity index (χ4v) is 2.10. The summed E-state index contributed by atoms with van der Waals surface area (Å²) >= 11 is 0. The molecule has 1 aliphatic rings. The topological polar surface area (TPSA) is 98.7 Å². The van der Waals surface area contributed by atoms with Gasteiger partial charge in [-0.25, -0.2) is 4.79 Å². The molecule has 6 nitrogen and oxygen atoms in total. The van der Waals surface area contributed by atoms with Gasteiger partial charge in [-0.1, -0.05) is 13.8 Å². The Labute approximate surface area is 100 Å². The third kappa shape index (κ3) is 3.41. The van der Waals surface area contributed by atoms with Gasteiger partial charge in [0.1, 0.15) is 6.04 Å². The SMILES string of the molecule is CC1(C)CCCNC1C(=O)NC(CO)C(=O)O. The van der Waals surface area contributed by atoms with Crippen molar-refractivity contribution in [1.82, 2.24) is 10.6 Å². The van der Waals surface area contributed by atoms with Crippen LogP contribution in [0.2, 0.25) is 0 Å². The second kappa shape index (κ2) is 5.46. The number of carbonyl (C=O) groups excluding carboxylic acids is 1. The van der Waals surface area contributed by atoms with Crippen LogP contribution in [-0.4, -0.2) is 47.3 Å². The molecule has 1 fully saturated rings. The maximum absolute atomic E-state index is 11.9. The first-order valence-electron chi connectivity index (χ1n) is 5.76. The van der Waals surface area contributed by atoms with E-state index in [0.29, 0.717) is 0 Å². The van der Waals surface area contributed by atoms with Crippen LogP contribution in [-0.2, 0) is 9.59 Å². The van der Waals surface area contributed by atoms with Gasteiger partial charge in [0.15, 0.2) is 0 Å². The van der Waals surface area contributed by atoms with Crippen molar-refractivity contribution in [1.29, 1.82) is 0 Å². The minimum atomic E-state index is -1.23. The van der Waals surface area contributed by atoms with Crippen LogP contribution in [0.25, 0.3) is 0 Å². The number of aliphatic hydroxyl groups excluding tert-OH is 1. The van der Waals surface area contributed by atoms with E-state index in [0.717, 1.165) is 19.4 Å². The van der Waals surface area contributed by atoms with Gasteiger partial charge >= 0.3 is 5.97 Å². The van der Waals surface area contributed by atoms with Gasteiger partial charge in [-0.15, -0.1) is 0 Å². The van der Waals surface area contributed by atoms with Gasteiger partial charge in [0.25, 0.3) is 0 Å². The number of piperidine rings is 1. The number of hydrogen-bond acceptors (Lipinski definition) is 4. The van der Waals surface area contributed by atoms with E-state index in [4.69, 9.17) is 10.2 Å². The van der Waals surface area contributed by atoms with Crippen LogP contribution in [0.1, 0.15) is 26.7 Å². The smallest absolute Gasteiger partial charge is 0.328 e. The first-order chi connectivity index (χ1) is 7.88. The molecule has 0 aliphatic carbocycles. The van der Waals surface area contributed by atoms with E-state index in [1.165, 1.54) is 0 Å². The van der Waals surface area contributed by atoms with Crippen molar-refractivity contribution in [3.8, 4) is 0 Å². The molecule has 1 saturated heterocycles. The lowest BCUT2D eigenvalue weighted by Gasteiger charge is -2.38. The van der Waals surface area contributed by atoms with Crippen molar-refractivity contribution in [2.75, 3.05) is 13.2 Å². The Morgan fingerprint density at radius 2 is 2.18 bits per heavy atom. The van der Waals surface area contributed by atoms with Gasteiger partial charge in [0.05, 0.1) is 12.6 Å². The van der Waals surface area contributed by atoms with Crippen LogP contribution in [0.15, 0.2) is 0 Å². The van der Waals surface area contributed by atoms with Crippen molar-refractivity contribution in [2.24, 2.45) is 5.41 Å². The fraction of sp³-hybridized carbons (Fsp3) is 0.818. The number of carbonyl (C=O) groups is 2. The molecule has 4 N–H and O–H groups in total. The molecule has 1 heterocycles. The van der Waals surface area contributed by atoms with E-state index in [1.54, 1.807) is 0 Å². The Hall–Kier alpha value is -1.14. The van der Waals surface area contributed by atoms with E-state index < -0.39 is 24.7 Å². The largest absolute Gasteiger partial charge is 0.480 e. The van der Waals surface area contributed by atoms with E-state index in [-0.39, 0.29) is 11.3 Å². The second-order valence-electron chi connectivity index (χ2n) is 5.06. The molecular formula is C11H20N2O4. The number of nitrogens with one attached hydrogen (secondary N) is 2. The number of hydrogen-bond donors (Lipinski definition) is 4. The summed E-state index contributed by atoms with van der Waals surface area (Å²) in [6.07, 6.45) is 1.91. The predicted octanol–water partition coefficient (Wildman–Crippen LogP) is -0.674. The van der Waals surface area contributed by atoms with E-state index >= 15 is 0 Å². The molecule has 6 heteroatoms. The summed E-state index contributed by atoms with van der Waals surface area (Å²) in [5.74, 6) is -1.59. The lowest BCUT2D eigenvalue weighted by atomic mass is 9.77. The van der Waals surface area contributed by atoms with Crippen molar-refractivity contribution in [3.63, 3.8) is 0 Å². The Kier molecular flexibility index (Phi) is 4.47. The predicted molar refractivity (Wildman–Crippen MR) is 61.5 cm³/mol. The van der Waals surface area contributed by atoms with Gasteiger partial charge < -0.3 is 20.8 Å². The lowest BCUT2D eigenvalue weighted by molar-refractivity contribution is -0.144. The third-order valence-corrected chi connectivity index (χ3v) is 3.19. The molecule has 0 saturated carbocycles. The number of aliphatic hydroxyl groups is 1. The zero-order valence-electron chi connectivity index (χ0n) is 10.2. The summed E-state index contributed by atoms with van der Waals surface area (Å²) in [5, 5.41) is 23.0. The molecule has 2 unspecified atom stereocenters. The minimum absolute atomic E-state index is 0.207. The maximum Gasteiger partial charge on any atom is 0.328 e. The highest BCUT2D eigenvalue weighted by molar-refractivity contribution is 5.87. The molecule has 2 atom stereocenters. The fourth-order valence-electron chi connectivity index (χ4n) is 2.10. The van der Waals surface area contributed by atoms with E-state index in [2.05, 4.69) is 10.6 Å². The molecule has 1 aliphatic heterocycles. The summed E-state index contributed by atoms with van der Waals surface area (Å²) in [6.45, 7) is 4.09. The lowest BCUT2D eigenvalue weighted by Crippen LogP contribution is -2.58. The van der Waals surface area contributed by atoms with Crippen LogP contribution in [0.5, 0.6) is 0 Å². The van der Waals surface area contributed by atoms with Crippen LogP contribution >= 0.6 is 0 Å². The first kappa shape index (κ1) is 13.9. The molecule has 1 amide bonds. The monoisotopic (exact) mass is 244 g/mol. The Bertz CT molecular complexity index is 304. The normalized spacial score (nSPS) is 25.0. The quantitative estimate of drug-likeness (QED) is 0.525. The number of rotatable bonds is 4. The van der Waals surface area contributed by atoms with Crippen LogP contribution in [0.4, 0.5) is 0 Å². The average Bonchev–Trinajstić information content (AvgIpc) is 2.24.